The van der Waals surface area contributed by atoms with Crippen LogP contribution < -0.4 is 5.32 Å². The van der Waals surface area contributed by atoms with Gasteiger partial charge in [0.2, 0.25) is 0 Å². The van der Waals surface area contributed by atoms with Crippen molar-refractivity contribution in [2.45, 2.75) is 18.5 Å². The van der Waals surface area contributed by atoms with Crippen molar-refractivity contribution in [1.82, 2.24) is 10.3 Å². The predicted octanol–water partition coefficient (Wildman–Crippen LogP) is 1.58. The fraction of sp³-hybridized carbons (Fsp3) is 0.444. The summed E-state index contributed by atoms with van der Waals surface area (Å²) in [7, 11) is 1.87. The van der Waals surface area contributed by atoms with Crippen LogP contribution in [0.15, 0.2) is 23.4 Å². The second-order valence-electron chi connectivity index (χ2n) is 3.30. The number of nitrogens with one attached hydrogen (secondary N) is 1. The summed E-state index contributed by atoms with van der Waals surface area (Å²) in [5, 5.41) is 6.91. The van der Waals surface area contributed by atoms with E-state index in [0.29, 0.717) is 0 Å². The lowest BCUT2D eigenvalue weighted by atomic mass is 10.2. The van der Waals surface area contributed by atoms with Gasteiger partial charge in [0.15, 0.2) is 0 Å². The highest BCUT2D eigenvalue weighted by Gasteiger charge is 2.31. The fourth-order valence-electron chi connectivity index (χ4n) is 1.88. The number of hydrogen-bond donors (Lipinski definition) is 1. The zero-order chi connectivity index (χ0) is 9.97. The highest BCUT2D eigenvalue weighted by atomic mass is 15.2. The monoisotopic (exact) mass is 189 g/mol. The zero-order valence-electron chi connectivity index (χ0n) is 7.88. The summed E-state index contributed by atoms with van der Waals surface area (Å²) in [6, 6.07) is 3.95. The molecule has 0 amide bonds. The first-order valence-electron chi connectivity index (χ1n) is 4.52. The lowest BCUT2D eigenvalue weighted by molar-refractivity contribution is 0.499. The van der Waals surface area contributed by atoms with Crippen LogP contribution in [-0.4, -0.2) is 18.1 Å². The van der Waals surface area contributed by atoms with E-state index in [9.17, 15) is 0 Å². The van der Waals surface area contributed by atoms with Crippen LogP contribution in [-0.2, 0) is 6.42 Å². The molecule has 1 aliphatic carbocycles. The predicted molar refractivity (Wildman–Crippen MR) is 52.7 cm³/mol. The fourth-order valence-corrected chi connectivity index (χ4v) is 1.88. The lowest BCUT2D eigenvalue weighted by Crippen LogP contribution is -2.28. The van der Waals surface area contributed by atoms with Crippen LogP contribution in [0, 0.1) is 0 Å². The van der Waals surface area contributed by atoms with E-state index >= 15 is 0 Å². The molecule has 0 bridgehead atoms. The Morgan fingerprint density at radius 3 is 3.29 bits per heavy atom. The number of fused-ring (bicyclic) bond motifs is 1. The maximum Gasteiger partial charge on any atom is 0.0956 e. The molecule has 72 valence electrons. The van der Waals surface area contributed by atoms with E-state index in [1.165, 1.54) is 5.56 Å². The van der Waals surface area contributed by atoms with Crippen molar-refractivity contribution in [2.75, 3.05) is 7.05 Å². The lowest BCUT2D eigenvalue weighted by Gasteiger charge is -2.12. The third kappa shape index (κ3) is 1.32. The van der Waals surface area contributed by atoms with Gasteiger partial charge in [-0.2, -0.15) is 0 Å². The molecule has 0 radical (unpaired) electrons. The first-order valence-corrected chi connectivity index (χ1v) is 4.52. The summed E-state index contributed by atoms with van der Waals surface area (Å²) >= 11 is 0. The zero-order valence-corrected chi connectivity index (χ0v) is 7.88. The van der Waals surface area contributed by atoms with Crippen LogP contribution in [0.4, 0.5) is 0 Å². The van der Waals surface area contributed by atoms with Crippen molar-refractivity contribution in [3.8, 4) is 0 Å². The summed E-state index contributed by atoms with van der Waals surface area (Å²) in [5.74, 6) is 0. The molecule has 0 aliphatic heterocycles. The summed E-state index contributed by atoms with van der Waals surface area (Å²) in [4.78, 5) is 7.11. The average molecular weight is 189 g/mol. The molecule has 1 N–H and O–H groups in total. The summed E-state index contributed by atoms with van der Waals surface area (Å²) < 4.78 is 0. The maximum atomic E-state index is 8.47. The Labute approximate surface area is 81.8 Å². The second-order valence-corrected chi connectivity index (χ2v) is 3.30. The van der Waals surface area contributed by atoms with E-state index in [4.69, 9.17) is 5.53 Å². The van der Waals surface area contributed by atoms with E-state index in [1.54, 1.807) is 6.20 Å². The van der Waals surface area contributed by atoms with Gasteiger partial charge in [-0.1, -0.05) is 11.2 Å². The normalized spacial score (nSPS) is 24.1. The molecule has 0 saturated heterocycles. The number of rotatable bonds is 2. The number of nitrogens with zero attached hydrogens (tertiary/aromatic N) is 4. The van der Waals surface area contributed by atoms with Crippen molar-refractivity contribution in [3.63, 3.8) is 0 Å². The van der Waals surface area contributed by atoms with Crippen LogP contribution in [0.25, 0.3) is 10.4 Å². The Balaban J connectivity index is 2.41. The van der Waals surface area contributed by atoms with Crippen molar-refractivity contribution < 1.29 is 0 Å². The molecule has 0 saturated carbocycles. The number of likely N-dealkylation sites (N-methyl/N-ethyl adjacent to an activating group) is 1. The van der Waals surface area contributed by atoms with Crippen LogP contribution in [0.5, 0.6) is 0 Å². The van der Waals surface area contributed by atoms with E-state index < -0.39 is 0 Å². The topological polar surface area (TPSA) is 73.7 Å². The Kier molecular flexibility index (Phi) is 2.35. The van der Waals surface area contributed by atoms with Gasteiger partial charge in [0.1, 0.15) is 0 Å². The molecule has 1 heterocycles. The van der Waals surface area contributed by atoms with Gasteiger partial charge in [0.05, 0.1) is 11.7 Å². The summed E-state index contributed by atoms with van der Waals surface area (Å²) in [6.07, 6.45) is 2.61. The quantitative estimate of drug-likeness (QED) is 0.435. The molecule has 2 rings (SSSR count). The maximum absolute atomic E-state index is 8.47. The van der Waals surface area contributed by atoms with E-state index in [-0.39, 0.29) is 12.1 Å². The molecule has 2 atom stereocenters. The number of pyridine rings is 1. The van der Waals surface area contributed by atoms with E-state index in [2.05, 4.69) is 20.3 Å². The van der Waals surface area contributed by atoms with Gasteiger partial charge in [-0.15, -0.1) is 0 Å². The molecule has 1 aromatic rings. The first-order chi connectivity index (χ1) is 6.86. The minimum atomic E-state index is -0.166. The number of aromatic nitrogens is 1. The van der Waals surface area contributed by atoms with Gasteiger partial charge >= 0.3 is 0 Å². The number of hydrogen-bond acceptors (Lipinski definition) is 3. The van der Waals surface area contributed by atoms with Crippen molar-refractivity contribution >= 4 is 0 Å². The third-order valence-corrected chi connectivity index (χ3v) is 2.57. The Morgan fingerprint density at radius 2 is 2.57 bits per heavy atom. The van der Waals surface area contributed by atoms with E-state index in [1.807, 2.05) is 19.2 Å². The molecule has 1 aliphatic rings. The molecule has 14 heavy (non-hydrogen) atoms. The van der Waals surface area contributed by atoms with Crippen LogP contribution in [0.3, 0.4) is 0 Å². The molecular weight excluding hydrogens is 178 g/mol. The Morgan fingerprint density at radius 1 is 1.71 bits per heavy atom. The van der Waals surface area contributed by atoms with Gasteiger partial charge in [0, 0.05) is 17.2 Å². The molecule has 0 aromatic carbocycles. The van der Waals surface area contributed by atoms with Gasteiger partial charge in [-0.3, -0.25) is 4.98 Å². The van der Waals surface area contributed by atoms with Gasteiger partial charge in [0.25, 0.3) is 0 Å². The third-order valence-electron chi connectivity index (χ3n) is 2.57. The molecule has 0 unspecified atom stereocenters. The SMILES string of the molecule is CN[C@@H]1Cc2cccnc2[C@H]1N=[N+]=[N-]. The van der Waals surface area contributed by atoms with E-state index in [0.717, 1.165) is 12.1 Å². The molecule has 5 nitrogen and oxygen atoms in total. The average Bonchev–Trinajstić information content (AvgIpc) is 2.58. The molecule has 0 fully saturated rings. The molecule has 5 heteroatoms. The smallest absolute Gasteiger partial charge is 0.0956 e. The van der Waals surface area contributed by atoms with Crippen LogP contribution >= 0.6 is 0 Å². The van der Waals surface area contributed by atoms with Gasteiger partial charge < -0.3 is 5.32 Å². The van der Waals surface area contributed by atoms with Crippen LogP contribution in [0.2, 0.25) is 0 Å². The minimum absolute atomic E-state index is 0.166. The highest BCUT2D eigenvalue weighted by Crippen LogP contribution is 2.32. The number of azide groups is 1. The minimum Gasteiger partial charge on any atom is -0.316 e. The molecule has 1 aromatic heterocycles. The largest absolute Gasteiger partial charge is 0.316 e. The Bertz CT molecular complexity index is 383. The summed E-state index contributed by atoms with van der Waals surface area (Å²) in [5.41, 5.74) is 10.5. The van der Waals surface area contributed by atoms with Crippen LogP contribution in [0.1, 0.15) is 17.3 Å². The van der Waals surface area contributed by atoms with Gasteiger partial charge in [-0.25, -0.2) is 0 Å². The highest BCUT2D eigenvalue weighted by molar-refractivity contribution is 5.31. The second kappa shape index (κ2) is 3.65. The first kappa shape index (κ1) is 8.99. The van der Waals surface area contributed by atoms with Gasteiger partial charge in [-0.05, 0) is 30.6 Å². The Hall–Kier alpha value is -1.58. The molecule has 0 spiro atoms. The standard InChI is InChI=1S/C9H11N5/c1-11-7-5-6-3-2-4-12-8(6)9(7)13-14-10/h2-4,7,9,11H,5H2,1H3/t7-,9+/m1/s1. The van der Waals surface area contributed by atoms with Crippen molar-refractivity contribution in [3.05, 3.63) is 40.0 Å². The summed E-state index contributed by atoms with van der Waals surface area (Å²) in [6.45, 7) is 0. The van der Waals surface area contributed by atoms with Crippen molar-refractivity contribution in [1.29, 1.82) is 0 Å². The molecular formula is C9H11N5. The van der Waals surface area contributed by atoms with Crippen molar-refractivity contribution in [2.24, 2.45) is 5.11 Å².